The van der Waals surface area contributed by atoms with E-state index in [4.69, 9.17) is 5.73 Å². The highest BCUT2D eigenvalue weighted by Gasteiger charge is 2.27. The molecule has 0 saturated heterocycles. The van der Waals surface area contributed by atoms with Crippen molar-refractivity contribution in [1.29, 1.82) is 0 Å². The van der Waals surface area contributed by atoms with Gasteiger partial charge in [-0.3, -0.25) is 0 Å². The zero-order valence-electron chi connectivity index (χ0n) is 13.0. The number of esters is 1. The standard InChI is InChI=1S/C16H23NO4S/c1-3-6-14(11-12-17)22(19,20)15-8-5-4-7-13(15)9-10-16(18)21-2/h4-5,7-10,14H,3,6,11-12,17H2,1-2H3/b10-9+. The lowest BCUT2D eigenvalue weighted by molar-refractivity contribution is -0.134. The van der Waals surface area contributed by atoms with Crippen LogP contribution in [-0.2, 0) is 19.4 Å². The largest absolute Gasteiger partial charge is 0.466 e. The van der Waals surface area contributed by atoms with Crippen molar-refractivity contribution in [1.82, 2.24) is 0 Å². The molecule has 5 nitrogen and oxygen atoms in total. The molecule has 1 aromatic rings. The molecule has 1 atom stereocenters. The Balaban J connectivity index is 3.24. The number of carbonyl (C=O) groups excluding carboxylic acids is 1. The van der Waals surface area contributed by atoms with Gasteiger partial charge in [0.2, 0.25) is 0 Å². The summed E-state index contributed by atoms with van der Waals surface area (Å²) in [6.07, 6.45) is 4.43. The summed E-state index contributed by atoms with van der Waals surface area (Å²) in [4.78, 5) is 11.4. The third kappa shape index (κ3) is 4.68. The van der Waals surface area contributed by atoms with E-state index in [9.17, 15) is 13.2 Å². The first-order valence-corrected chi connectivity index (χ1v) is 8.81. The van der Waals surface area contributed by atoms with E-state index in [0.717, 1.165) is 6.42 Å². The lowest BCUT2D eigenvalue weighted by atomic mass is 10.2. The molecule has 1 rings (SSSR count). The van der Waals surface area contributed by atoms with Crippen LogP contribution < -0.4 is 5.73 Å². The van der Waals surface area contributed by atoms with E-state index < -0.39 is 21.1 Å². The van der Waals surface area contributed by atoms with Crippen molar-refractivity contribution in [2.75, 3.05) is 13.7 Å². The van der Waals surface area contributed by atoms with Crippen LogP contribution >= 0.6 is 0 Å². The molecule has 0 aliphatic carbocycles. The molecule has 0 aromatic heterocycles. The van der Waals surface area contributed by atoms with Crippen LogP contribution in [0.25, 0.3) is 6.08 Å². The van der Waals surface area contributed by atoms with Gasteiger partial charge in [0.15, 0.2) is 9.84 Å². The van der Waals surface area contributed by atoms with Gasteiger partial charge in [0.25, 0.3) is 0 Å². The summed E-state index contributed by atoms with van der Waals surface area (Å²) in [7, 11) is -2.22. The molecule has 122 valence electrons. The monoisotopic (exact) mass is 325 g/mol. The highest BCUT2D eigenvalue weighted by atomic mass is 32.2. The van der Waals surface area contributed by atoms with Gasteiger partial charge in [0, 0.05) is 6.08 Å². The van der Waals surface area contributed by atoms with Gasteiger partial charge in [-0.25, -0.2) is 13.2 Å². The maximum Gasteiger partial charge on any atom is 0.330 e. The van der Waals surface area contributed by atoms with Crippen molar-refractivity contribution in [2.45, 2.75) is 36.3 Å². The van der Waals surface area contributed by atoms with E-state index >= 15 is 0 Å². The quantitative estimate of drug-likeness (QED) is 0.584. The Labute approximate surface area is 132 Å². The van der Waals surface area contributed by atoms with Crippen LogP contribution in [0.15, 0.2) is 35.2 Å². The maximum absolute atomic E-state index is 12.8. The minimum atomic E-state index is -3.49. The Hall–Kier alpha value is -1.66. The van der Waals surface area contributed by atoms with Gasteiger partial charge in [0.1, 0.15) is 0 Å². The highest BCUT2D eigenvalue weighted by molar-refractivity contribution is 7.92. The number of hydrogen-bond donors (Lipinski definition) is 1. The summed E-state index contributed by atoms with van der Waals surface area (Å²) < 4.78 is 30.2. The molecule has 0 amide bonds. The van der Waals surface area contributed by atoms with E-state index in [2.05, 4.69) is 4.74 Å². The Kier molecular flexibility index (Phi) is 7.27. The fraction of sp³-hybridized carbons (Fsp3) is 0.438. The summed E-state index contributed by atoms with van der Waals surface area (Å²) in [5.74, 6) is -0.528. The van der Waals surface area contributed by atoms with E-state index in [1.54, 1.807) is 24.3 Å². The summed E-state index contributed by atoms with van der Waals surface area (Å²) in [5.41, 5.74) is 6.03. The predicted octanol–water partition coefficient (Wildman–Crippen LogP) is 2.16. The molecule has 22 heavy (non-hydrogen) atoms. The van der Waals surface area contributed by atoms with Crippen molar-refractivity contribution < 1.29 is 17.9 Å². The molecular formula is C16H23NO4S. The van der Waals surface area contributed by atoms with Crippen LogP contribution in [0, 0.1) is 0 Å². The average molecular weight is 325 g/mol. The molecular weight excluding hydrogens is 302 g/mol. The van der Waals surface area contributed by atoms with Gasteiger partial charge < -0.3 is 10.5 Å². The topological polar surface area (TPSA) is 86.5 Å². The van der Waals surface area contributed by atoms with E-state index in [1.165, 1.54) is 19.3 Å². The summed E-state index contributed by atoms with van der Waals surface area (Å²) in [6, 6.07) is 6.63. The number of benzene rings is 1. The van der Waals surface area contributed by atoms with Crippen LogP contribution in [0.1, 0.15) is 31.7 Å². The van der Waals surface area contributed by atoms with Crippen LogP contribution in [-0.4, -0.2) is 33.3 Å². The summed E-state index contributed by atoms with van der Waals surface area (Å²) in [5, 5.41) is -0.504. The Morgan fingerprint density at radius 1 is 1.32 bits per heavy atom. The van der Waals surface area contributed by atoms with Crippen molar-refractivity contribution >= 4 is 21.9 Å². The fourth-order valence-corrected chi connectivity index (χ4v) is 4.33. The van der Waals surface area contributed by atoms with Gasteiger partial charge in [-0.1, -0.05) is 31.5 Å². The Bertz CT molecular complexity index is 617. The zero-order chi connectivity index (χ0) is 16.6. The van der Waals surface area contributed by atoms with Gasteiger partial charge in [-0.05, 0) is 37.1 Å². The van der Waals surface area contributed by atoms with Gasteiger partial charge >= 0.3 is 5.97 Å². The highest BCUT2D eigenvalue weighted by Crippen LogP contribution is 2.25. The number of hydrogen-bond acceptors (Lipinski definition) is 5. The zero-order valence-corrected chi connectivity index (χ0v) is 13.8. The van der Waals surface area contributed by atoms with E-state index in [-0.39, 0.29) is 4.90 Å². The van der Waals surface area contributed by atoms with Crippen LogP contribution in [0.4, 0.5) is 0 Å². The van der Waals surface area contributed by atoms with Gasteiger partial charge in [-0.2, -0.15) is 0 Å². The van der Waals surface area contributed by atoms with Crippen molar-refractivity contribution in [2.24, 2.45) is 5.73 Å². The first-order valence-electron chi connectivity index (χ1n) is 7.26. The third-order valence-electron chi connectivity index (χ3n) is 3.36. The molecule has 0 aliphatic heterocycles. The molecule has 1 aromatic carbocycles. The number of nitrogens with two attached hydrogens (primary N) is 1. The fourth-order valence-electron chi connectivity index (χ4n) is 2.25. The predicted molar refractivity (Wildman–Crippen MR) is 87.0 cm³/mol. The molecule has 0 radical (unpaired) electrons. The minimum absolute atomic E-state index is 0.224. The Morgan fingerprint density at radius 2 is 2.00 bits per heavy atom. The van der Waals surface area contributed by atoms with Gasteiger partial charge in [0.05, 0.1) is 17.3 Å². The Morgan fingerprint density at radius 3 is 2.59 bits per heavy atom. The van der Waals surface area contributed by atoms with Crippen molar-refractivity contribution in [3.05, 3.63) is 35.9 Å². The number of sulfone groups is 1. The molecule has 0 bridgehead atoms. The molecule has 1 unspecified atom stereocenters. The van der Waals surface area contributed by atoms with Gasteiger partial charge in [-0.15, -0.1) is 0 Å². The molecule has 0 saturated carbocycles. The van der Waals surface area contributed by atoms with Crippen molar-refractivity contribution in [3.63, 3.8) is 0 Å². The molecule has 2 N–H and O–H groups in total. The van der Waals surface area contributed by atoms with Crippen LogP contribution in [0.3, 0.4) is 0 Å². The second kappa shape index (κ2) is 8.70. The van der Waals surface area contributed by atoms with Crippen LogP contribution in [0.5, 0.6) is 0 Å². The number of ether oxygens (including phenoxy) is 1. The smallest absolute Gasteiger partial charge is 0.330 e. The molecule has 0 heterocycles. The number of methoxy groups -OCH3 is 1. The number of rotatable bonds is 8. The third-order valence-corrected chi connectivity index (χ3v) is 5.70. The molecule has 0 aliphatic rings. The normalized spacial score (nSPS) is 13.2. The first-order chi connectivity index (χ1) is 10.5. The first kappa shape index (κ1) is 18.4. The summed E-state index contributed by atoms with van der Waals surface area (Å²) >= 11 is 0. The minimum Gasteiger partial charge on any atom is -0.466 e. The van der Waals surface area contributed by atoms with Crippen molar-refractivity contribution in [3.8, 4) is 0 Å². The SMILES string of the molecule is CCCC(CCN)S(=O)(=O)c1ccccc1/C=C/C(=O)OC. The van der Waals surface area contributed by atoms with E-state index in [1.807, 2.05) is 6.92 Å². The molecule has 0 spiro atoms. The average Bonchev–Trinajstić information content (AvgIpc) is 2.52. The maximum atomic E-state index is 12.8. The van der Waals surface area contributed by atoms with Crippen LogP contribution in [0.2, 0.25) is 0 Å². The lowest BCUT2D eigenvalue weighted by Crippen LogP contribution is -2.25. The second-order valence-electron chi connectivity index (χ2n) is 4.93. The number of carbonyl (C=O) groups is 1. The van der Waals surface area contributed by atoms with E-state index in [0.29, 0.717) is 24.9 Å². The summed E-state index contributed by atoms with van der Waals surface area (Å²) in [6.45, 7) is 2.27. The second-order valence-corrected chi connectivity index (χ2v) is 7.12. The molecule has 0 fully saturated rings. The lowest BCUT2D eigenvalue weighted by Gasteiger charge is -2.17. The molecule has 6 heteroatoms.